The summed E-state index contributed by atoms with van der Waals surface area (Å²) in [5.74, 6) is 0.389. The molecule has 0 aliphatic heterocycles. The molecule has 1 amide bonds. The minimum Gasteiger partial charge on any atom is -0.350 e. The maximum atomic E-state index is 11.8. The highest BCUT2D eigenvalue weighted by Gasteiger charge is 2.24. The lowest BCUT2D eigenvalue weighted by atomic mass is 9.85. The molecule has 6 heteroatoms. The molecule has 2 N–H and O–H groups in total. The normalized spacial score (nSPS) is 14.1. The highest BCUT2D eigenvalue weighted by Crippen LogP contribution is 2.26. The number of thiazole rings is 1. The number of nitrogens with one attached hydrogen (secondary N) is 2. The molecule has 1 aromatic carbocycles. The van der Waals surface area contributed by atoms with Gasteiger partial charge in [0, 0.05) is 22.5 Å². The molecule has 0 spiro atoms. The highest BCUT2D eigenvalue weighted by atomic mass is 32.1. The fourth-order valence-corrected chi connectivity index (χ4v) is 3.08. The number of carbonyl (C=O) groups excluding carboxylic acids is 2. The number of rotatable bonds is 6. The Balaban J connectivity index is 1.54. The van der Waals surface area contributed by atoms with Gasteiger partial charge in [0.25, 0.3) is 0 Å². The molecule has 1 fully saturated rings. The number of Topliss-reactive ketones (excluding diaryl/α,β-unsaturated/α-hetero) is 1. The average molecular weight is 329 g/mol. The van der Waals surface area contributed by atoms with E-state index in [-0.39, 0.29) is 17.6 Å². The Hall–Kier alpha value is -2.21. The van der Waals surface area contributed by atoms with E-state index in [2.05, 4.69) is 15.6 Å². The SMILES string of the molecule is CC(=O)c1ccc(Nc2nc(CNC(=O)C3CCC3)cs2)cc1. The van der Waals surface area contributed by atoms with Crippen molar-refractivity contribution in [2.24, 2.45) is 5.92 Å². The number of benzene rings is 1. The second-order valence-corrected chi connectivity index (χ2v) is 6.61. The number of anilines is 2. The molecule has 5 nitrogen and oxygen atoms in total. The smallest absolute Gasteiger partial charge is 0.223 e. The Labute approximate surface area is 139 Å². The van der Waals surface area contributed by atoms with E-state index < -0.39 is 0 Å². The topological polar surface area (TPSA) is 71.1 Å². The first-order chi connectivity index (χ1) is 11.1. The zero-order valence-corrected chi connectivity index (χ0v) is 13.8. The van der Waals surface area contributed by atoms with Crippen molar-refractivity contribution in [1.82, 2.24) is 10.3 Å². The van der Waals surface area contributed by atoms with E-state index in [1.54, 1.807) is 19.1 Å². The van der Waals surface area contributed by atoms with E-state index in [1.165, 1.54) is 11.3 Å². The van der Waals surface area contributed by atoms with Crippen LogP contribution in [-0.4, -0.2) is 16.7 Å². The largest absolute Gasteiger partial charge is 0.350 e. The van der Waals surface area contributed by atoms with Crippen molar-refractivity contribution in [2.75, 3.05) is 5.32 Å². The van der Waals surface area contributed by atoms with Crippen molar-refractivity contribution in [3.05, 3.63) is 40.9 Å². The van der Waals surface area contributed by atoms with E-state index in [1.807, 2.05) is 17.5 Å². The lowest BCUT2D eigenvalue weighted by Gasteiger charge is -2.23. The van der Waals surface area contributed by atoms with E-state index in [9.17, 15) is 9.59 Å². The second kappa shape index (κ2) is 6.91. The summed E-state index contributed by atoms with van der Waals surface area (Å²) >= 11 is 1.49. The Bertz CT molecular complexity index is 705. The summed E-state index contributed by atoms with van der Waals surface area (Å²) in [7, 11) is 0. The van der Waals surface area contributed by atoms with Gasteiger partial charge in [-0.15, -0.1) is 11.3 Å². The van der Waals surface area contributed by atoms with Crippen LogP contribution >= 0.6 is 11.3 Å². The van der Waals surface area contributed by atoms with Gasteiger partial charge in [-0.2, -0.15) is 0 Å². The summed E-state index contributed by atoms with van der Waals surface area (Å²) < 4.78 is 0. The summed E-state index contributed by atoms with van der Waals surface area (Å²) in [4.78, 5) is 27.5. The van der Waals surface area contributed by atoms with Crippen LogP contribution in [0.1, 0.15) is 42.2 Å². The molecule has 23 heavy (non-hydrogen) atoms. The second-order valence-electron chi connectivity index (χ2n) is 5.75. The molecule has 120 valence electrons. The molecule has 3 rings (SSSR count). The van der Waals surface area contributed by atoms with E-state index in [4.69, 9.17) is 0 Å². The molecule has 0 atom stereocenters. The zero-order chi connectivity index (χ0) is 16.2. The first-order valence-corrected chi connectivity index (χ1v) is 8.60. The predicted molar refractivity (Wildman–Crippen MR) is 91.0 cm³/mol. The summed E-state index contributed by atoms with van der Waals surface area (Å²) in [5.41, 5.74) is 2.43. The monoisotopic (exact) mass is 329 g/mol. The summed E-state index contributed by atoms with van der Waals surface area (Å²) in [5, 5.41) is 8.85. The Kier molecular flexibility index (Phi) is 4.71. The molecule has 0 unspecified atom stereocenters. The number of aromatic nitrogens is 1. The predicted octanol–water partition coefficient (Wildman–Crippen LogP) is 3.51. The first kappa shape index (κ1) is 15.7. The number of hydrogen-bond acceptors (Lipinski definition) is 5. The Morgan fingerprint density at radius 1 is 1.26 bits per heavy atom. The molecule has 1 aromatic heterocycles. The van der Waals surface area contributed by atoms with Crippen molar-refractivity contribution >= 4 is 33.8 Å². The van der Waals surface area contributed by atoms with Gasteiger partial charge in [-0.1, -0.05) is 6.42 Å². The number of hydrogen-bond donors (Lipinski definition) is 2. The molecule has 0 bridgehead atoms. The lowest BCUT2D eigenvalue weighted by Crippen LogP contribution is -2.34. The van der Waals surface area contributed by atoms with Gasteiger partial charge >= 0.3 is 0 Å². The summed E-state index contributed by atoms with van der Waals surface area (Å²) in [6, 6.07) is 7.29. The molecule has 1 heterocycles. The maximum absolute atomic E-state index is 11.8. The fraction of sp³-hybridized carbons (Fsp3) is 0.353. The van der Waals surface area contributed by atoms with Crippen LogP contribution < -0.4 is 10.6 Å². The standard InChI is InChI=1S/C17H19N3O2S/c1-11(21)12-5-7-14(8-6-12)19-17-20-15(10-23-17)9-18-16(22)13-3-2-4-13/h5-8,10,13H,2-4,9H2,1H3,(H,18,22)(H,19,20). The van der Waals surface area contributed by atoms with Gasteiger partial charge < -0.3 is 10.6 Å². The van der Waals surface area contributed by atoms with Crippen LogP contribution in [0.3, 0.4) is 0 Å². The molecule has 1 aliphatic rings. The number of nitrogens with zero attached hydrogens (tertiary/aromatic N) is 1. The molecule has 1 aliphatic carbocycles. The number of ketones is 1. The van der Waals surface area contributed by atoms with E-state index in [0.717, 1.165) is 35.8 Å². The third-order valence-corrected chi connectivity index (χ3v) is 4.82. The molecular weight excluding hydrogens is 310 g/mol. The van der Waals surface area contributed by atoms with Gasteiger partial charge in [-0.25, -0.2) is 4.98 Å². The van der Waals surface area contributed by atoms with Crippen molar-refractivity contribution in [1.29, 1.82) is 0 Å². The third-order valence-electron chi connectivity index (χ3n) is 4.01. The van der Waals surface area contributed by atoms with Crippen molar-refractivity contribution in [3.63, 3.8) is 0 Å². The van der Waals surface area contributed by atoms with Gasteiger partial charge in [0.1, 0.15) is 0 Å². The quantitative estimate of drug-likeness (QED) is 0.796. The average Bonchev–Trinajstić information content (AvgIpc) is 2.91. The highest BCUT2D eigenvalue weighted by molar-refractivity contribution is 7.13. The number of carbonyl (C=O) groups is 2. The summed E-state index contributed by atoms with van der Waals surface area (Å²) in [6.45, 7) is 2.02. The Morgan fingerprint density at radius 2 is 2.00 bits per heavy atom. The van der Waals surface area contributed by atoms with Crippen LogP contribution in [0.15, 0.2) is 29.6 Å². The molecule has 0 radical (unpaired) electrons. The van der Waals surface area contributed by atoms with Crippen molar-refractivity contribution in [2.45, 2.75) is 32.7 Å². The third kappa shape index (κ3) is 3.96. The number of amides is 1. The lowest BCUT2D eigenvalue weighted by molar-refractivity contribution is -0.127. The van der Waals surface area contributed by atoms with Gasteiger partial charge in [-0.3, -0.25) is 9.59 Å². The summed E-state index contributed by atoms with van der Waals surface area (Å²) in [6.07, 6.45) is 3.17. The fourth-order valence-electron chi connectivity index (χ4n) is 2.35. The molecule has 1 saturated carbocycles. The van der Waals surface area contributed by atoms with Gasteiger partial charge in [-0.05, 0) is 44.0 Å². The Morgan fingerprint density at radius 3 is 2.61 bits per heavy atom. The van der Waals surface area contributed by atoms with Crippen LogP contribution in [-0.2, 0) is 11.3 Å². The van der Waals surface area contributed by atoms with Gasteiger partial charge in [0.2, 0.25) is 5.91 Å². The van der Waals surface area contributed by atoms with Crippen molar-refractivity contribution in [3.8, 4) is 0 Å². The van der Waals surface area contributed by atoms with Crippen LogP contribution in [0.2, 0.25) is 0 Å². The van der Waals surface area contributed by atoms with Crippen LogP contribution in [0.25, 0.3) is 0 Å². The minimum atomic E-state index is 0.0512. The zero-order valence-electron chi connectivity index (χ0n) is 13.0. The van der Waals surface area contributed by atoms with E-state index in [0.29, 0.717) is 12.1 Å². The first-order valence-electron chi connectivity index (χ1n) is 7.72. The molecule has 2 aromatic rings. The maximum Gasteiger partial charge on any atom is 0.223 e. The van der Waals surface area contributed by atoms with Crippen LogP contribution in [0.4, 0.5) is 10.8 Å². The molecular formula is C17H19N3O2S. The van der Waals surface area contributed by atoms with Gasteiger partial charge in [0.15, 0.2) is 10.9 Å². The minimum absolute atomic E-state index is 0.0512. The van der Waals surface area contributed by atoms with Gasteiger partial charge in [0.05, 0.1) is 12.2 Å². The molecule has 0 saturated heterocycles. The van der Waals surface area contributed by atoms with Crippen LogP contribution in [0.5, 0.6) is 0 Å². The van der Waals surface area contributed by atoms with Crippen molar-refractivity contribution < 1.29 is 9.59 Å². The van der Waals surface area contributed by atoms with E-state index >= 15 is 0 Å². The van der Waals surface area contributed by atoms with Crippen LogP contribution in [0, 0.1) is 5.92 Å².